The van der Waals surface area contributed by atoms with Gasteiger partial charge < -0.3 is 10.1 Å². The molecule has 4 aromatic rings. The van der Waals surface area contributed by atoms with E-state index in [-0.39, 0.29) is 0 Å². The van der Waals surface area contributed by atoms with Gasteiger partial charge in [0, 0.05) is 49.4 Å². The van der Waals surface area contributed by atoms with E-state index in [1.807, 2.05) is 25.1 Å². The molecule has 3 heterocycles. The molecule has 1 aliphatic rings. The number of H-pyrrole nitrogens is 1. The van der Waals surface area contributed by atoms with Gasteiger partial charge in [-0.15, -0.1) is 10.2 Å². The summed E-state index contributed by atoms with van der Waals surface area (Å²) in [4.78, 5) is 12.1. The van der Waals surface area contributed by atoms with Gasteiger partial charge >= 0.3 is 0 Å². The Labute approximate surface area is 217 Å². The Morgan fingerprint density at radius 3 is 2.51 bits per heavy atom. The molecular formula is C28H34N8O. The monoisotopic (exact) mass is 498 g/mol. The molecule has 1 fully saturated rings. The summed E-state index contributed by atoms with van der Waals surface area (Å²) in [6, 6.07) is 16.8. The first-order chi connectivity index (χ1) is 18.2. The van der Waals surface area contributed by atoms with Crippen LogP contribution < -0.4 is 5.32 Å². The van der Waals surface area contributed by atoms with Crippen LogP contribution >= 0.6 is 0 Å². The van der Waals surface area contributed by atoms with E-state index in [1.165, 1.54) is 11.1 Å². The van der Waals surface area contributed by atoms with Gasteiger partial charge in [0.25, 0.3) is 0 Å². The average molecular weight is 499 g/mol. The highest BCUT2D eigenvalue weighted by Gasteiger charge is 2.16. The first-order valence-electron chi connectivity index (χ1n) is 13.0. The van der Waals surface area contributed by atoms with Crippen LogP contribution in [0.15, 0.2) is 48.5 Å². The van der Waals surface area contributed by atoms with Crippen LogP contribution in [0, 0.1) is 6.92 Å². The van der Waals surface area contributed by atoms with Gasteiger partial charge in [0.15, 0.2) is 0 Å². The Kier molecular flexibility index (Phi) is 8.12. The fourth-order valence-electron chi connectivity index (χ4n) is 4.80. The van der Waals surface area contributed by atoms with E-state index in [2.05, 4.69) is 68.1 Å². The minimum atomic E-state index is 0.591. The third kappa shape index (κ3) is 6.18. The standard InChI is InChI=1S/C28H34N8O/c1-3-6-26-25(27(31-20(2)30-26)29-13-14-36-15-17-37-18-16-36)19-21-9-11-22(12-10-21)23-7-4-5-8-24(23)28-32-34-35-33-28/h4-5,7-12H,3,6,13-19H2,1-2H3,(H,29,30,31)(H,32,33,34,35). The summed E-state index contributed by atoms with van der Waals surface area (Å²) in [5.41, 5.74) is 6.69. The summed E-state index contributed by atoms with van der Waals surface area (Å²) < 4.78 is 5.48. The molecule has 0 bridgehead atoms. The fourth-order valence-corrected chi connectivity index (χ4v) is 4.80. The number of tetrazole rings is 1. The number of morpholine rings is 1. The highest BCUT2D eigenvalue weighted by molar-refractivity contribution is 5.80. The molecule has 9 nitrogen and oxygen atoms in total. The van der Waals surface area contributed by atoms with Gasteiger partial charge in [0.05, 0.1) is 13.2 Å². The molecule has 1 aliphatic heterocycles. The van der Waals surface area contributed by atoms with E-state index in [9.17, 15) is 0 Å². The van der Waals surface area contributed by atoms with Gasteiger partial charge in [-0.05, 0) is 35.2 Å². The van der Waals surface area contributed by atoms with Crippen LogP contribution in [-0.2, 0) is 17.6 Å². The van der Waals surface area contributed by atoms with Crippen molar-refractivity contribution in [3.8, 4) is 22.5 Å². The normalized spacial score (nSPS) is 14.1. The molecule has 0 atom stereocenters. The largest absolute Gasteiger partial charge is 0.379 e. The molecule has 9 heteroatoms. The molecule has 2 aromatic carbocycles. The number of aromatic amines is 1. The minimum Gasteiger partial charge on any atom is -0.379 e. The van der Waals surface area contributed by atoms with Gasteiger partial charge in [-0.25, -0.2) is 9.97 Å². The maximum absolute atomic E-state index is 5.48. The lowest BCUT2D eigenvalue weighted by Crippen LogP contribution is -2.39. The fraction of sp³-hybridized carbons (Fsp3) is 0.393. The van der Waals surface area contributed by atoms with Crippen molar-refractivity contribution in [2.45, 2.75) is 33.1 Å². The minimum absolute atomic E-state index is 0.591. The van der Waals surface area contributed by atoms with E-state index in [0.29, 0.717) is 5.82 Å². The van der Waals surface area contributed by atoms with Gasteiger partial charge in [0.1, 0.15) is 11.6 Å². The molecular weight excluding hydrogens is 464 g/mol. The molecule has 192 valence electrons. The van der Waals surface area contributed by atoms with Crippen molar-refractivity contribution in [2.24, 2.45) is 0 Å². The number of benzene rings is 2. The number of nitrogens with one attached hydrogen (secondary N) is 2. The van der Waals surface area contributed by atoms with Gasteiger partial charge in [-0.3, -0.25) is 4.90 Å². The highest BCUT2D eigenvalue weighted by Crippen LogP contribution is 2.30. The Hall–Kier alpha value is -3.69. The SMILES string of the molecule is CCCc1nc(C)nc(NCCN2CCOCC2)c1Cc1ccc(-c2ccccc2-c2nn[nH]n2)cc1. The maximum Gasteiger partial charge on any atom is 0.205 e. The lowest BCUT2D eigenvalue weighted by Gasteiger charge is -2.26. The van der Waals surface area contributed by atoms with Crippen LogP contribution in [0.1, 0.15) is 36.0 Å². The van der Waals surface area contributed by atoms with E-state index in [4.69, 9.17) is 14.7 Å². The molecule has 0 amide bonds. The summed E-state index contributed by atoms with van der Waals surface area (Å²) in [5, 5.41) is 18.2. The molecule has 1 saturated heterocycles. The number of hydrogen-bond donors (Lipinski definition) is 2. The van der Waals surface area contributed by atoms with E-state index in [0.717, 1.165) is 92.7 Å². The van der Waals surface area contributed by atoms with Crippen LogP contribution in [-0.4, -0.2) is 74.9 Å². The molecule has 0 unspecified atom stereocenters. The lowest BCUT2D eigenvalue weighted by atomic mass is 9.96. The second-order valence-electron chi connectivity index (χ2n) is 9.33. The molecule has 2 N–H and O–H groups in total. The lowest BCUT2D eigenvalue weighted by molar-refractivity contribution is 0.0398. The maximum atomic E-state index is 5.48. The predicted molar refractivity (Wildman–Crippen MR) is 144 cm³/mol. The van der Waals surface area contributed by atoms with Crippen LogP contribution in [0.4, 0.5) is 5.82 Å². The van der Waals surface area contributed by atoms with Gasteiger partial charge in [-0.1, -0.05) is 61.9 Å². The second-order valence-corrected chi connectivity index (χ2v) is 9.33. The van der Waals surface area contributed by atoms with Crippen molar-refractivity contribution in [1.29, 1.82) is 0 Å². The molecule has 0 aliphatic carbocycles. The van der Waals surface area contributed by atoms with Crippen LogP contribution in [0.25, 0.3) is 22.5 Å². The van der Waals surface area contributed by atoms with Crippen molar-refractivity contribution in [1.82, 2.24) is 35.5 Å². The number of aryl methyl sites for hydroxylation is 2. The van der Waals surface area contributed by atoms with E-state index in [1.54, 1.807) is 0 Å². The summed E-state index contributed by atoms with van der Waals surface area (Å²) in [7, 11) is 0. The summed E-state index contributed by atoms with van der Waals surface area (Å²) in [6.07, 6.45) is 2.76. The zero-order valence-corrected chi connectivity index (χ0v) is 21.6. The Morgan fingerprint density at radius 1 is 1.00 bits per heavy atom. The number of aromatic nitrogens is 6. The Bertz CT molecular complexity index is 1280. The summed E-state index contributed by atoms with van der Waals surface area (Å²) >= 11 is 0. The van der Waals surface area contributed by atoms with Crippen molar-refractivity contribution < 1.29 is 4.74 Å². The number of rotatable bonds is 10. The van der Waals surface area contributed by atoms with Crippen molar-refractivity contribution >= 4 is 5.82 Å². The zero-order valence-electron chi connectivity index (χ0n) is 21.6. The first kappa shape index (κ1) is 25.0. The summed E-state index contributed by atoms with van der Waals surface area (Å²) in [5.74, 6) is 2.36. The topological polar surface area (TPSA) is 105 Å². The highest BCUT2D eigenvalue weighted by atomic mass is 16.5. The molecule has 0 saturated carbocycles. The van der Waals surface area contributed by atoms with Crippen molar-refractivity contribution in [3.63, 3.8) is 0 Å². The Morgan fingerprint density at radius 2 is 1.78 bits per heavy atom. The van der Waals surface area contributed by atoms with Crippen LogP contribution in [0.5, 0.6) is 0 Å². The second kappa shape index (κ2) is 12.0. The Balaban J connectivity index is 1.36. The van der Waals surface area contributed by atoms with Crippen LogP contribution in [0.3, 0.4) is 0 Å². The third-order valence-corrected chi connectivity index (χ3v) is 6.67. The third-order valence-electron chi connectivity index (χ3n) is 6.67. The zero-order chi connectivity index (χ0) is 25.5. The van der Waals surface area contributed by atoms with E-state index >= 15 is 0 Å². The number of hydrogen-bond acceptors (Lipinski definition) is 8. The number of anilines is 1. The van der Waals surface area contributed by atoms with Crippen LogP contribution in [0.2, 0.25) is 0 Å². The molecule has 0 radical (unpaired) electrons. The molecule has 5 rings (SSSR count). The first-order valence-corrected chi connectivity index (χ1v) is 13.0. The average Bonchev–Trinajstić information content (AvgIpc) is 3.47. The quantitative estimate of drug-likeness (QED) is 0.339. The predicted octanol–water partition coefficient (Wildman–Crippen LogP) is 3.92. The van der Waals surface area contributed by atoms with Crippen molar-refractivity contribution in [2.75, 3.05) is 44.7 Å². The van der Waals surface area contributed by atoms with Crippen molar-refractivity contribution in [3.05, 3.63) is 71.2 Å². The number of ether oxygens (including phenoxy) is 1. The van der Waals surface area contributed by atoms with Gasteiger partial charge in [-0.2, -0.15) is 5.21 Å². The number of nitrogens with zero attached hydrogens (tertiary/aromatic N) is 6. The van der Waals surface area contributed by atoms with E-state index < -0.39 is 0 Å². The molecule has 2 aromatic heterocycles. The van der Waals surface area contributed by atoms with Gasteiger partial charge in [0.2, 0.25) is 5.82 Å². The smallest absolute Gasteiger partial charge is 0.205 e. The molecule has 37 heavy (non-hydrogen) atoms. The summed E-state index contributed by atoms with van der Waals surface area (Å²) in [6.45, 7) is 9.60. The molecule has 0 spiro atoms.